The average Bonchev–Trinajstić information content (AvgIpc) is 2.33. The topological polar surface area (TPSA) is 0 Å². The number of hydrogen-bond acceptors (Lipinski definition) is 0. The van der Waals surface area contributed by atoms with Gasteiger partial charge in [-0.15, -0.1) is 0 Å². The summed E-state index contributed by atoms with van der Waals surface area (Å²) >= 11 is 0. The molecule has 0 saturated heterocycles. The number of rotatable bonds is 2. The summed E-state index contributed by atoms with van der Waals surface area (Å²) < 4.78 is 0. The van der Waals surface area contributed by atoms with Gasteiger partial charge in [0.25, 0.3) is 0 Å². The van der Waals surface area contributed by atoms with E-state index in [-0.39, 0.29) is 0 Å². The van der Waals surface area contributed by atoms with E-state index in [1.54, 1.807) is 0 Å². The molecule has 0 fully saturated rings. The number of allylic oxidation sites excluding steroid dienone is 6. The molecule has 15 heavy (non-hydrogen) atoms. The first-order valence-electron chi connectivity index (χ1n) is 6.18. The molecule has 0 saturated carbocycles. The van der Waals surface area contributed by atoms with E-state index < -0.39 is 0 Å². The summed E-state index contributed by atoms with van der Waals surface area (Å²) in [5.41, 5.74) is 0. The molecule has 0 unspecified atom stereocenters. The Balaban J connectivity index is -0.0000000610. The van der Waals surface area contributed by atoms with E-state index in [1.807, 2.05) is 72.8 Å². The molecule has 0 bridgehead atoms. The lowest BCUT2D eigenvalue weighted by Crippen LogP contribution is -1.43. The van der Waals surface area contributed by atoms with Crippen molar-refractivity contribution in [1.29, 1.82) is 0 Å². The van der Waals surface area contributed by atoms with Gasteiger partial charge in [0, 0.05) is 0 Å². The van der Waals surface area contributed by atoms with Crippen LogP contribution in [0.2, 0.25) is 0 Å². The minimum absolute atomic E-state index is 1.16. The van der Waals surface area contributed by atoms with Crippen LogP contribution < -0.4 is 0 Å². The summed E-state index contributed by atoms with van der Waals surface area (Å²) in [7, 11) is 0. The molecule has 0 N–H and O–H groups in total. The van der Waals surface area contributed by atoms with Gasteiger partial charge in [-0.1, -0.05) is 71.1 Å². The Kier molecular flexibility index (Phi) is 80.9. The molecule has 0 aliphatic carbocycles. The molecule has 0 aromatic carbocycles. The van der Waals surface area contributed by atoms with E-state index in [4.69, 9.17) is 0 Å². The molecule has 0 spiro atoms. The first-order valence-corrected chi connectivity index (χ1v) is 6.18. The third kappa shape index (κ3) is 93.5. The Labute approximate surface area is 98.8 Å². The maximum atomic E-state index is 2.12. The van der Waals surface area contributed by atoms with Crippen LogP contribution in [0.4, 0.5) is 0 Å². The van der Waals surface area contributed by atoms with Gasteiger partial charge in [-0.3, -0.25) is 0 Å². The summed E-state index contributed by atoms with van der Waals surface area (Å²) in [5, 5.41) is 0. The standard InChI is InChI=1S/C6H10.C5H10.2C2H6/c1-3-5-6-4-2;1-3-5-4-2;2*1-2/h3-6H,1-2H3;3,5H,4H2,1-2H3;2*1-2H3/b5-3-,6-4-;5-3-;;. The molecule has 0 rings (SSSR count). The summed E-state index contributed by atoms with van der Waals surface area (Å²) in [6, 6.07) is 0. The van der Waals surface area contributed by atoms with Crippen LogP contribution in [0.15, 0.2) is 36.5 Å². The molecule has 92 valence electrons. The van der Waals surface area contributed by atoms with Crippen LogP contribution in [-0.4, -0.2) is 0 Å². The fourth-order valence-corrected chi connectivity index (χ4v) is 0.458. The van der Waals surface area contributed by atoms with E-state index in [9.17, 15) is 0 Å². The molecule has 0 aliphatic heterocycles. The second-order valence-corrected chi connectivity index (χ2v) is 2.03. The zero-order valence-corrected chi connectivity index (χ0v) is 12.2. The molecule has 0 atom stereocenters. The molecule has 0 heterocycles. The summed E-state index contributed by atoms with van der Waals surface area (Å²) in [5.74, 6) is 0. The van der Waals surface area contributed by atoms with Crippen LogP contribution in [0.5, 0.6) is 0 Å². The average molecular weight is 212 g/mol. The van der Waals surface area contributed by atoms with Gasteiger partial charge >= 0.3 is 0 Å². The number of hydrogen-bond donors (Lipinski definition) is 0. The third-order valence-corrected chi connectivity index (χ3v) is 0.967. The van der Waals surface area contributed by atoms with Crippen molar-refractivity contribution in [1.82, 2.24) is 0 Å². The summed E-state index contributed by atoms with van der Waals surface area (Å²) in [6.07, 6.45) is 13.3. The van der Waals surface area contributed by atoms with Gasteiger partial charge in [0.2, 0.25) is 0 Å². The fourth-order valence-electron chi connectivity index (χ4n) is 0.458. The Morgan fingerprint density at radius 2 is 1.00 bits per heavy atom. The lowest BCUT2D eigenvalue weighted by atomic mass is 10.4. The largest absolute Gasteiger partial charge is 0.0917 e. The van der Waals surface area contributed by atoms with Crippen molar-refractivity contribution < 1.29 is 0 Å². The van der Waals surface area contributed by atoms with E-state index in [0.717, 1.165) is 6.42 Å². The molecule has 0 aromatic rings. The van der Waals surface area contributed by atoms with Crippen molar-refractivity contribution in [2.24, 2.45) is 0 Å². The molecule has 0 heteroatoms. The molecule has 0 aromatic heterocycles. The van der Waals surface area contributed by atoms with Crippen molar-refractivity contribution in [3.63, 3.8) is 0 Å². The van der Waals surface area contributed by atoms with Crippen molar-refractivity contribution in [3.05, 3.63) is 36.5 Å². The van der Waals surface area contributed by atoms with Crippen LogP contribution in [0.1, 0.15) is 61.8 Å². The minimum atomic E-state index is 1.16. The zero-order valence-electron chi connectivity index (χ0n) is 12.2. The first-order chi connectivity index (χ1) is 7.33. The first kappa shape index (κ1) is 23.8. The molecular formula is C15H32. The van der Waals surface area contributed by atoms with Crippen LogP contribution in [0.25, 0.3) is 0 Å². The van der Waals surface area contributed by atoms with Gasteiger partial charge in [0.1, 0.15) is 0 Å². The third-order valence-electron chi connectivity index (χ3n) is 0.967. The van der Waals surface area contributed by atoms with E-state index >= 15 is 0 Å². The lowest BCUT2D eigenvalue weighted by Gasteiger charge is -1.65. The highest BCUT2D eigenvalue weighted by molar-refractivity contribution is 4.98. The van der Waals surface area contributed by atoms with Crippen LogP contribution in [0.3, 0.4) is 0 Å². The quantitative estimate of drug-likeness (QED) is 0.379. The van der Waals surface area contributed by atoms with Crippen LogP contribution in [0, 0.1) is 0 Å². The van der Waals surface area contributed by atoms with Gasteiger partial charge in [-0.25, -0.2) is 0 Å². The highest BCUT2D eigenvalue weighted by Crippen LogP contribution is 1.73. The second-order valence-electron chi connectivity index (χ2n) is 2.03. The van der Waals surface area contributed by atoms with Crippen molar-refractivity contribution in [2.45, 2.75) is 61.8 Å². The van der Waals surface area contributed by atoms with Crippen molar-refractivity contribution >= 4 is 0 Å². The van der Waals surface area contributed by atoms with Gasteiger partial charge in [0.05, 0.1) is 0 Å². The maximum absolute atomic E-state index is 2.12. The molecular weight excluding hydrogens is 180 g/mol. The van der Waals surface area contributed by atoms with Gasteiger partial charge in [-0.05, 0) is 27.2 Å². The predicted octanol–water partition coefficient (Wildman–Crippen LogP) is 6.16. The Morgan fingerprint density at radius 1 is 0.667 bits per heavy atom. The van der Waals surface area contributed by atoms with Crippen LogP contribution in [-0.2, 0) is 0 Å². The van der Waals surface area contributed by atoms with Crippen LogP contribution >= 0.6 is 0 Å². The van der Waals surface area contributed by atoms with E-state index in [2.05, 4.69) is 19.1 Å². The lowest BCUT2D eigenvalue weighted by molar-refractivity contribution is 1.22. The second kappa shape index (κ2) is 51.0. The molecule has 0 amide bonds. The van der Waals surface area contributed by atoms with Gasteiger partial charge in [0.15, 0.2) is 0 Å². The Hall–Kier alpha value is -0.780. The van der Waals surface area contributed by atoms with Gasteiger partial charge in [-0.2, -0.15) is 0 Å². The highest BCUT2D eigenvalue weighted by atomic mass is 13.6. The predicted molar refractivity (Wildman–Crippen MR) is 77.4 cm³/mol. The van der Waals surface area contributed by atoms with E-state index in [0.29, 0.717) is 0 Å². The van der Waals surface area contributed by atoms with Gasteiger partial charge < -0.3 is 0 Å². The minimum Gasteiger partial charge on any atom is -0.0917 e. The smallest absolute Gasteiger partial charge is 0.0379 e. The SMILES string of the molecule is C/C=C\C=C/C.C/C=C\CC.CC.CC. The van der Waals surface area contributed by atoms with Crippen molar-refractivity contribution in [3.8, 4) is 0 Å². The molecule has 0 aliphatic rings. The van der Waals surface area contributed by atoms with E-state index in [1.165, 1.54) is 0 Å². The summed E-state index contributed by atoms with van der Waals surface area (Å²) in [6.45, 7) is 16.2. The monoisotopic (exact) mass is 212 g/mol. The highest BCUT2D eigenvalue weighted by Gasteiger charge is 1.52. The maximum Gasteiger partial charge on any atom is -0.0379 e. The zero-order chi connectivity index (χ0) is 12.9. The molecule has 0 radical (unpaired) electrons. The summed E-state index contributed by atoms with van der Waals surface area (Å²) in [4.78, 5) is 0. The Bertz CT molecular complexity index is 106. The fraction of sp³-hybridized carbons (Fsp3) is 0.600. The Morgan fingerprint density at radius 3 is 1.07 bits per heavy atom. The molecule has 0 nitrogen and oxygen atoms in total. The van der Waals surface area contributed by atoms with Crippen molar-refractivity contribution in [2.75, 3.05) is 0 Å². The normalized spacial score (nSPS) is 8.80.